The van der Waals surface area contributed by atoms with E-state index < -0.39 is 30.8 Å². The normalized spacial score (nSPS) is 14.8. The molecule has 0 heterocycles. The van der Waals surface area contributed by atoms with Gasteiger partial charge in [-0.15, -0.1) is 0 Å². The highest BCUT2D eigenvalue weighted by molar-refractivity contribution is 5.83. The number of halogens is 2. The van der Waals surface area contributed by atoms with Gasteiger partial charge in [0.15, 0.2) is 0 Å². The quantitative estimate of drug-likeness (QED) is 0.726. The molecule has 0 aromatic heterocycles. The van der Waals surface area contributed by atoms with Gasteiger partial charge in [0.2, 0.25) is 12.3 Å². The van der Waals surface area contributed by atoms with Crippen LogP contribution in [0.3, 0.4) is 0 Å². The van der Waals surface area contributed by atoms with Crippen molar-refractivity contribution in [3.8, 4) is 0 Å². The van der Waals surface area contributed by atoms with Crippen LogP contribution in [-0.4, -0.2) is 29.5 Å². The summed E-state index contributed by atoms with van der Waals surface area (Å²) in [7, 11) is 0. The zero-order valence-electron chi connectivity index (χ0n) is 10.2. The number of rotatable bonds is 7. The number of carbonyl (C=O) groups excluding carboxylic acids is 1. The molecule has 0 aliphatic carbocycles. The molecule has 0 radical (unpaired) electrons. The molecule has 0 aliphatic rings. The van der Waals surface area contributed by atoms with Crippen molar-refractivity contribution in [3.05, 3.63) is 0 Å². The highest BCUT2D eigenvalue weighted by atomic mass is 19.3. The lowest BCUT2D eigenvalue weighted by Crippen LogP contribution is -2.42. The Hall–Kier alpha value is -1.20. The number of hydrogen-bond donors (Lipinski definition) is 2. The van der Waals surface area contributed by atoms with Crippen LogP contribution >= 0.6 is 0 Å². The summed E-state index contributed by atoms with van der Waals surface area (Å²) in [6.07, 6.45) is -3.47. The van der Waals surface area contributed by atoms with Crippen LogP contribution in [0.5, 0.6) is 0 Å². The lowest BCUT2D eigenvalue weighted by molar-refractivity contribution is -0.143. The molecule has 0 aromatic rings. The first-order valence-corrected chi connectivity index (χ1v) is 5.54. The second-order valence-corrected chi connectivity index (χ2v) is 4.51. The Morgan fingerprint density at radius 3 is 2.12 bits per heavy atom. The molecular weight excluding hydrogens is 232 g/mol. The van der Waals surface area contributed by atoms with Gasteiger partial charge < -0.3 is 10.4 Å². The molecule has 2 N–H and O–H groups in total. The first-order valence-electron chi connectivity index (χ1n) is 5.54. The zero-order chi connectivity index (χ0) is 13.6. The first-order chi connectivity index (χ1) is 7.73. The van der Waals surface area contributed by atoms with Crippen LogP contribution in [0, 0.1) is 11.8 Å². The number of hydrogen-bond acceptors (Lipinski definition) is 2. The Kier molecular flexibility index (Phi) is 6.68. The van der Waals surface area contributed by atoms with Crippen molar-refractivity contribution in [1.29, 1.82) is 0 Å². The van der Waals surface area contributed by atoms with Crippen LogP contribution in [0.15, 0.2) is 0 Å². The van der Waals surface area contributed by atoms with Gasteiger partial charge in [0.05, 0.1) is 0 Å². The van der Waals surface area contributed by atoms with Crippen molar-refractivity contribution in [3.63, 3.8) is 0 Å². The molecule has 100 valence electrons. The number of nitrogens with one attached hydrogen (secondary N) is 1. The average Bonchev–Trinajstić information content (AvgIpc) is 2.15. The summed E-state index contributed by atoms with van der Waals surface area (Å²) in [4.78, 5) is 22.1. The highest BCUT2D eigenvalue weighted by Crippen LogP contribution is 2.14. The highest BCUT2D eigenvalue weighted by Gasteiger charge is 2.24. The molecule has 0 rings (SSSR count). The molecular formula is C11H19F2NO3. The summed E-state index contributed by atoms with van der Waals surface area (Å²) in [6.45, 7) is 5.73. The summed E-state index contributed by atoms with van der Waals surface area (Å²) in [5.41, 5.74) is 0. The van der Waals surface area contributed by atoms with Gasteiger partial charge in [-0.05, 0) is 11.8 Å². The predicted molar refractivity (Wildman–Crippen MR) is 58.8 cm³/mol. The average molecular weight is 251 g/mol. The summed E-state index contributed by atoms with van der Waals surface area (Å²) in [6, 6.07) is -1.51. The molecule has 17 heavy (non-hydrogen) atoms. The van der Waals surface area contributed by atoms with Gasteiger partial charge in [0.25, 0.3) is 0 Å². The maximum atomic E-state index is 12.1. The SMILES string of the molecule is CC(C)C(C)CC(=O)NC(CC(F)F)C(=O)O. The fourth-order valence-corrected chi connectivity index (χ4v) is 1.18. The Labute approximate surface area is 99.4 Å². The lowest BCUT2D eigenvalue weighted by Gasteiger charge is -2.18. The van der Waals surface area contributed by atoms with Crippen LogP contribution in [-0.2, 0) is 9.59 Å². The van der Waals surface area contributed by atoms with Crippen LogP contribution in [0.2, 0.25) is 0 Å². The molecule has 0 bridgehead atoms. The van der Waals surface area contributed by atoms with Crippen LogP contribution < -0.4 is 5.32 Å². The third-order valence-electron chi connectivity index (χ3n) is 2.69. The number of carboxylic acid groups (broad SMARTS) is 1. The fourth-order valence-electron chi connectivity index (χ4n) is 1.18. The van der Waals surface area contributed by atoms with E-state index >= 15 is 0 Å². The van der Waals surface area contributed by atoms with E-state index in [0.717, 1.165) is 0 Å². The predicted octanol–water partition coefficient (Wildman–Crippen LogP) is 1.89. The van der Waals surface area contributed by atoms with Gasteiger partial charge in [0, 0.05) is 12.8 Å². The van der Waals surface area contributed by atoms with Crippen molar-refractivity contribution >= 4 is 11.9 Å². The van der Waals surface area contributed by atoms with E-state index in [1.54, 1.807) is 0 Å². The number of carbonyl (C=O) groups is 2. The number of carboxylic acids is 1. The molecule has 2 unspecified atom stereocenters. The molecule has 0 fully saturated rings. The Morgan fingerprint density at radius 1 is 1.24 bits per heavy atom. The molecule has 0 saturated carbocycles. The van der Waals surface area contributed by atoms with Gasteiger partial charge in [-0.1, -0.05) is 20.8 Å². The van der Waals surface area contributed by atoms with E-state index in [4.69, 9.17) is 5.11 Å². The number of alkyl halides is 2. The smallest absolute Gasteiger partial charge is 0.326 e. The van der Waals surface area contributed by atoms with Gasteiger partial charge in [-0.2, -0.15) is 0 Å². The largest absolute Gasteiger partial charge is 0.480 e. The van der Waals surface area contributed by atoms with Crippen LogP contribution in [0.25, 0.3) is 0 Å². The minimum Gasteiger partial charge on any atom is -0.480 e. The lowest BCUT2D eigenvalue weighted by atomic mass is 9.94. The van der Waals surface area contributed by atoms with E-state index in [9.17, 15) is 18.4 Å². The molecule has 0 spiro atoms. The first kappa shape index (κ1) is 15.8. The summed E-state index contributed by atoms with van der Waals surface area (Å²) in [5, 5.41) is 10.8. The van der Waals surface area contributed by atoms with E-state index in [0.29, 0.717) is 0 Å². The van der Waals surface area contributed by atoms with Crippen LogP contribution in [0.1, 0.15) is 33.6 Å². The van der Waals surface area contributed by atoms with Crippen LogP contribution in [0.4, 0.5) is 8.78 Å². The van der Waals surface area contributed by atoms with Gasteiger partial charge in [0.1, 0.15) is 6.04 Å². The van der Waals surface area contributed by atoms with Gasteiger partial charge >= 0.3 is 5.97 Å². The van der Waals surface area contributed by atoms with Crippen molar-refractivity contribution in [1.82, 2.24) is 5.32 Å². The fraction of sp³-hybridized carbons (Fsp3) is 0.818. The van der Waals surface area contributed by atoms with E-state index in [1.165, 1.54) is 0 Å². The number of amides is 1. The maximum Gasteiger partial charge on any atom is 0.326 e. The Morgan fingerprint density at radius 2 is 1.76 bits per heavy atom. The molecule has 0 aromatic carbocycles. The summed E-state index contributed by atoms with van der Waals surface area (Å²) >= 11 is 0. The van der Waals surface area contributed by atoms with Gasteiger partial charge in [-0.3, -0.25) is 4.79 Å². The Balaban J connectivity index is 4.26. The maximum absolute atomic E-state index is 12.1. The van der Waals surface area contributed by atoms with Gasteiger partial charge in [-0.25, -0.2) is 13.6 Å². The van der Waals surface area contributed by atoms with Crippen molar-refractivity contribution in [2.24, 2.45) is 11.8 Å². The topological polar surface area (TPSA) is 66.4 Å². The standard InChI is InChI=1S/C11H19F2NO3/c1-6(2)7(3)4-10(15)14-8(11(16)17)5-9(12)13/h6-9H,4-5H2,1-3H3,(H,14,15)(H,16,17). The second kappa shape index (κ2) is 7.19. The van der Waals surface area contributed by atoms with E-state index in [2.05, 4.69) is 5.32 Å². The Bertz CT molecular complexity index is 269. The van der Waals surface area contributed by atoms with Crippen molar-refractivity contribution in [2.45, 2.75) is 46.1 Å². The third-order valence-corrected chi connectivity index (χ3v) is 2.69. The number of aliphatic carboxylic acids is 1. The molecule has 4 nitrogen and oxygen atoms in total. The second-order valence-electron chi connectivity index (χ2n) is 4.51. The van der Waals surface area contributed by atoms with Crippen molar-refractivity contribution < 1.29 is 23.5 Å². The monoisotopic (exact) mass is 251 g/mol. The molecule has 2 atom stereocenters. The summed E-state index contributed by atoms with van der Waals surface area (Å²) < 4.78 is 24.1. The summed E-state index contributed by atoms with van der Waals surface area (Å²) in [5.74, 6) is -1.58. The minimum atomic E-state index is -2.75. The van der Waals surface area contributed by atoms with E-state index in [1.807, 2.05) is 20.8 Å². The molecule has 0 aliphatic heterocycles. The molecule has 0 saturated heterocycles. The van der Waals surface area contributed by atoms with E-state index in [-0.39, 0.29) is 18.3 Å². The molecule has 1 amide bonds. The third kappa shape index (κ3) is 6.86. The molecule has 6 heteroatoms. The minimum absolute atomic E-state index is 0.0796. The zero-order valence-corrected chi connectivity index (χ0v) is 10.2. The van der Waals surface area contributed by atoms with Crippen molar-refractivity contribution in [2.75, 3.05) is 0 Å².